The van der Waals surface area contributed by atoms with E-state index in [0.29, 0.717) is 18.1 Å². The molecule has 3 heterocycles. The maximum absolute atomic E-state index is 12.3. The fourth-order valence-corrected chi connectivity index (χ4v) is 3.87. The molecule has 0 bridgehead atoms. The first-order valence-electron chi connectivity index (χ1n) is 7.74. The quantitative estimate of drug-likeness (QED) is 0.875. The molecule has 0 aliphatic carbocycles. The van der Waals surface area contributed by atoms with Crippen LogP contribution < -0.4 is 10.2 Å². The molecule has 1 aromatic carbocycles. The van der Waals surface area contributed by atoms with Crippen LogP contribution in [0.4, 0.5) is 0 Å². The van der Waals surface area contributed by atoms with Gasteiger partial charge in [-0.2, -0.15) is 0 Å². The third kappa shape index (κ3) is 2.97. The van der Waals surface area contributed by atoms with Crippen LogP contribution in [0.3, 0.4) is 0 Å². The molecule has 2 aromatic rings. The average molecular weight is 331 g/mol. The van der Waals surface area contributed by atoms with E-state index >= 15 is 0 Å². The molecule has 1 saturated heterocycles. The Morgan fingerprint density at radius 3 is 3.09 bits per heavy atom. The Hall–Kier alpha value is -1.89. The van der Waals surface area contributed by atoms with Gasteiger partial charge in [-0.3, -0.25) is 4.79 Å². The van der Waals surface area contributed by atoms with Gasteiger partial charge in [0.25, 0.3) is 5.91 Å². The second-order valence-corrected chi connectivity index (χ2v) is 6.65. The van der Waals surface area contributed by atoms with Crippen molar-refractivity contribution < 1.29 is 19.1 Å². The van der Waals surface area contributed by atoms with Gasteiger partial charge in [-0.25, -0.2) is 10.3 Å². The van der Waals surface area contributed by atoms with E-state index in [1.54, 1.807) is 0 Å². The van der Waals surface area contributed by atoms with Crippen LogP contribution in [-0.2, 0) is 16.2 Å². The highest BCUT2D eigenvalue weighted by molar-refractivity contribution is 7.17. The molecule has 5 nitrogen and oxygen atoms in total. The van der Waals surface area contributed by atoms with Crippen LogP contribution in [-0.4, -0.2) is 18.8 Å². The fraction of sp³-hybridized carbons (Fsp3) is 0.353. The molecule has 6 heteroatoms. The number of rotatable bonds is 3. The number of ether oxygens (including phenoxy) is 2. The molecular weight excluding hydrogens is 314 g/mol. The van der Waals surface area contributed by atoms with E-state index in [0.717, 1.165) is 41.0 Å². The summed E-state index contributed by atoms with van der Waals surface area (Å²) in [5, 5.41) is 0. The average Bonchev–Trinajstić information content (AvgIpc) is 3.05. The van der Waals surface area contributed by atoms with Crippen molar-refractivity contribution in [2.45, 2.75) is 32.2 Å². The molecule has 2 aliphatic rings. The lowest BCUT2D eigenvalue weighted by molar-refractivity contribution is -0.186. The Morgan fingerprint density at radius 2 is 2.22 bits per heavy atom. The SMILES string of the molecule is O=C(NO[C@@H]1CCCCO1)c1cc2c(s1)-c1ccccc1OC2. The van der Waals surface area contributed by atoms with Gasteiger partial charge >= 0.3 is 0 Å². The van der Waals surface area contributed by atoms with Gasteiger partial charge in [0, 0.05) is 29.0 Å². The van der Waals surface area contributed by atoms with E-state index in [1.165, 1.54) is 11.3 Å². The van der Waals surface area contributed by atoms with Crippen molar-refractivity contribution in [1.29, 1.82) is 0 Å². The number of hydroxylamine groups is 1. The minimum absolute atomic E-state index is 0.240. The van der Waals surface area contributed by atoms with Gasteiger partial charge in [-0.05, 0) is 31.0 Å². The summed E-state index contributed by atoms with van der Waals surface area (Å²) in [6.45, 7) is 1.17. The summed E-state index contributed by atoms with van der Waals surface area (Å²) >= 11 is 1.46. The highest BCUT2D eigenvalue weighted by Gasteiger charge is 2.23. The molecule has 1 amide bonds. The summed E-state index contributed by atoms with van der Waals surface area (Å²) in [5.74, 6) is 0.622. The summed E-state index contributed by atoms with van der Waals surface area (Å²) in [5.41, 5.74) is 4.58. The van der Waals surface area contributed by atoms with Crippen molar-refractivity contribution in [3.63, 3.8) is 0 Å². The minimum Gasteiger partial charge on any atom is -0.488 e. The normalized spacial score (nSPS) is 19.4. The van der Waals surface area contributed by atoms with Crippen molar-refractivity contribution in [2.75, 3.05) is 6.61 Å². The number of amides is 1. The van der Waals surface area contributed by atoms with Crippen LogP contribution in [0.1, 0.15) is 34.5 Å². The summed E-state index contributed by atoms with van der Waals surface area (Å²) < 4.78 is 11.2. The maximum Gasteiger partial charge on any atom is 0.285 e. The van der Waals surface area contributed by atoms with Gasteiger partial charge in [0.05, 0.1) is 4.88 Å². The van der Waals surface area contributed by atoms with Crippen LogP contribution in [0.15, 0.2) is 30.3 Å². The molecule has 0 saturated carbocycles. The summed E-state index contributed by atoms with van der Waals surface area (Å²) in [6, 6.07) is 9.75. The number of benzene rings is 1. The molecule has 0 spiro atoms. The second kappa shape index (κ2) is 6.31. The van der Waals surface area contributed by atoms with E-state index in [2.05, 4.69) is 5.48 Å². The van der Waals surface area contributed by atoms with E-state index < -0.39 is 0 Å². The molecule has 23 heavy (non-hydrogen) atoms. The lowest BCUT2D eigenvalue weighted by Crippen LogP contribution is -2.32. The number of carbonyl (C=O) groups excluding carboxylic acids is 1. The smallest absolute Gasteiger partial charge is 0.285 e. The highest BCUT2D eigenvalue weighted by atomic mass is 32.1. The summed E-state index contributed by atoms with van der Waals surface area (Å²) in [4.78, 5) is 19.4. The lowest BCUT2D eigenvalue weighted by Gasteiger charge is -2.21. The zero-order chi connectivity index (χ0) is 15.6. The van der Waals surface area contributed by atoms with E-state index in [4.69, 9.17) is 14.3 Å². The van der Waals surface area contributed by atoms with Gasteiger partial charge in [-0.15, -0.1) is 11.3 Å². The molecule has 2 aliphatic heterocycles. The number of hydrogen-bond donors (Lipinski definition) is 1. The number of hydrogen-bond acceptors (Lipinski definition) is 5. The second-order valence-electron chi connectivity index (χ2n) is 5.60. The first kappa shape index (κ1) is 14.7. The maximum atomic E-state index is 12.3. The fourth-order valence-electron chi connectivity index (χ4n) is 2.79. The van der Waals surface area contributed by atoms with Crippen molar-refractivity contribution >= 4 is 17.2 Å². The first-order valence-corrected chi connectivity index (χ1v) is 8.55. The van der Waals surface area contributed by atoms with Crippen LogP contribution in [0.25, 0.3) is 10.4 Å². The Morgan fingerprint density at radius 1 is 1.30 bits per heavy atom. The van der Waals surface area contributed by atoms with E-state index in [1.807, 2.05) is 30.3 Å². The van der Waals surface area contributed by atoms with Crippen molar-refractivity contribution in [1.82, 2.24) is 5.48 Å². The Labute approximate surface area is 138 Å². The van der Waals surface area contributed by atoms with Gasteiger partial charge < -0.3 is 9.47 Å². The topological polar surface area (TPSA) is 56.8 Å². The molecule has 1 N–H and O–H groups in total. The standard InChI is InChI=1S/C17H17NO4S/c19-17(18-22-15-7-3-4-8-20-15)14-9-11-10-21-13-6-2-1-5-12(13)16(11)23-14/h1-2,5-6,9,15H,3-4,7-8,10H2,(H,18,19)/t15-/m1/s1. The number of carbonyl (C=O) groups is 1. The lowest BCUT2D eigenvalue weighted by atomic mass is 10.1. The largest absolute Gasteiger partial charge is 0.488 e. The molecule has 1 fully saturated rings. The minimum atomic E-state index is -0.341. The molecular formula is C17H17NO4S. The van der Waals surface area contributed by atoms with Gasteiger partial charge in [0.2, 0.25) is 0 Å². The molecule has 1 atom stereocenters. The number of nitrogens with one attached hydrogen (secondary N) is 1. The number of para-hydroxylation sites is 1. The third-order valence-electron chi connectivity index (χ3n) is 3.97. The molecule has 120 valence electrons. The van der Waals surface area contributed by atoms with Crippen LogP contribution in [0.2, 0.25) is 0 Å². The summed E-state index contributed by atoms with van der Waals surface area (Å²) in [7, 11) is 0. The number of fused-ring (bicyclic) bond motifs is 3. The van der Waals surface area contributed by atoms with Gasteiger partial charge in [0.15, 0.2) is 6.29 Å². The zero-order valence-corrected chi connectivity index (χ0v) is 13.4. The molecule has 4 rings (SSSR count). The molecule has 0 unspecified atom stereocenters. The van der Waals surface area contributed by atoms with Crippen molar-refractivity contribution in [3.05, 3.63) is 40.8 Å². The van der Waals surface area contributed by atoms with Crippen LogP contribution in [0, 0.1) is 0 Å². The monoisotopic (exact) mass is 331 g/mol. The number of thiophene rings is 1. The van der Waals surface area contributed by atoms with Gasteiger partial charge in [-0.1, -0.05) is 12.1 Å². The van der Waals surface area contributed by atoms with Gasteiger partial charge in [0.1, 0.15) is 12.4 Å². The highest BCUT2D eigenvalue weighted by Crippen LogP contribution is 2.42. The molecule has 1 aromatic heterocycles. The predicted octanol–water partition coefficient (Wildman–Crippen LogP) is 3.50. The van der Waals surface area contributed by atoms with Crippen LogP contribution >= 0.6 is 11.3 Å². The van der Waals surface area contributed by atoms with Crippen molar-refractivity contribution in [2.24, 2.45) is 0 Å². The zero-order valence-electron chi connectivity index (χ0n) is 12.5. The Kier molecular flexibility index (Phi) is 4.03. The van der Waals surface area contributed by atoms with E-state index in [-0.39, 0.29) is 12.2 Å². The van der Waals surface area contributed by atoms with Crippen molar-refractivity contribution in [3.8, 4) is 16.2 Å². The Bertz CT molecular complexity index is 721. The predicted molar refractivity (Wildman–Crippen MR) is 86.2 cm³/mol. The molecule has 0 radical (unpaired) electrons. The first-order chi connectivity index (χ1) is 11.3. The Balaban J connectivity index is 1.48. The summed E-state index contributed by atoms with van der Waals surface area (Å²) in [6.07, 6.45) is 2.57. The van der Waals surface area contributed by atoms with Crippen LogP contribution in [0.5, 0.6) is 5.75 Å². The third-order valence-corrected chi connectivity index (χ3v) is 5.18. The van der Waals surface area contributed by atoms with E-state index in [9.17, 15) is 4.79 Å².